The summed E-state index contributed by atoms with van der Waals surface area (Å²) < 4.78 is 26.3. The Morgan fingerprint density at radius 1 is 1.32 bits per heavy atom. The van der Waals surface area contributed by atoms with E-state index in [2.05, 4.69) is 9.71 Å². The van der Waals surface area contributed by atoms with Crippen LogP contribution in [0, 0.1) is 6.92 Å². The minimum atomic E-state index is -3.74. The number of anilines is 1. The SMILES string of the molecule is Cc1cnc(NS(=O)(=O)c2ccc(C(=O)O)cc2)s1. The molecule has 8 heteroatoms. The Balaban J connectivity index is 2.26. The summed E-state index contributed by atoms with van der Waals surface area (Å²) in [6.07, 6.45) is 1.57. The van der Waals surface area contributed by atoms with Crippen LogP contribution in [0.3, 0.4) is 0 Å². The maximum Gasteiger partial charge on any atom is 0.335 e. The standard InChI is InChI=1S/C11H10N2O4S2/c1-7-6-12-11(18-7)13-19(16,17)9-4-2-8(3-5-9)10(14)15/h2-6H,1H3,(H,12,13)(H,14,15). The number of nitrogens with zero attached hydrogens (tertiary/aromatic N) is 1. The summed E-state index contributed by atoms with van der Waals surface area (Å²) in [5.41, 5.74) is 0.0315. The van der Waals surface area contributed by atoms with E-state index in [0.29, 0.717) is 0 Å². The molecule has 0 unspecified atom stereocenters. The molecule has 19 heavy (non-hydrogen) atoms. The van der Waals surface area contributed by atoms with Gasteiger partial charge in [0.1, 0.15) is 0 Å². The van der Waals surface area contributed by atoms with Crippen molar-refractivity contribution in [3.8, 4) is 0 Å². The number of rotatable bonds is 4. The maximum absolute atomic E-state index is 12.0. The zero-order valence-electron chi connectivity index (χ0n) is 9.82. The van der Waals surface area contributed by atoms with E-state index in [1.807, 2.05) is 6.92 Å². The molecule has 6 nitrogen and oxygen atoms in total. The van der Waals surface area contributed by atoms with Crippen molar-refractivity contribution in [2.75, 3.05) is 4.72 Å². The fraction of sp³-hybridized carbons (Fsp3) is 0.0909. The predicted octanol–water partition coefficient (Wildman–Crippen LogP) is 1.95. The molecular formula is C11H10N2O4S2. The fourth-order valence-electron chi connectivity index (χ4n) is 1.35. The summed E-state index contributed by atoms with van der Waals surface area (Å²) in [7, 11) is -3.74. The van der Waals surface area contributed by atoms with Crippen LogP contribution in [0.4, 0.5) is 5.13 Å². The summed E-state index contributed by atoms with van der Waals surface area (Å²) in [6, 6.07) is 4.96. The van der Waals surface area contributed by atoms with Gasteiger partial charge in [0.25, 0.3) is 10.0 Å². The number of aromatic carboxylic acids is 1. The monoisotopic (exact) mass is 298 g/mol. The Labute approximate surface area is 113 Å². The minimum absolute atomic E-state index is 0.00893. The molecule has 0 saturated heterocycles. The Hall–Kier alpha value is -1.93. The molecule has 2 aromatic rings. The first kappa shape index (κ1) is 13.5. The number of hydrogen-bond acceptors (Lipinski definition) is 5. The van der Waals surface area contributed by atoms with Crippen LogP contribution >= 0.6 is 11.3 Å². The first-order valence-electron chi connectivity index (χ1n) is 5.17. The molecule has 1 aromatic carbocycles. The van der Waals surface area contributed by atoms with E-state index in [1.54, 1.807) is 6.20 Å². The number of carboxylic acids is 1. The quantitative estimate of drug-likeness (QED) is 0.899. The van der Waals surface area contributed by atoms with Crippen molar-refractivity contribution >= 4 is 32.5 Å². The van der Waals surface area contributed by atoms with Gasteiger partial charge in [-0.3, -0.25) is 4.72 Å². The average Bonchev–Trinajstić information content (AvgIpc) is 2.74. The summed E-state index contributed by atoms with van der Waals surface area (Å²) in [5.74, 6) is -1.10. The van der Waals surface area contributed by atoms with Gasteiger partial charge in [-0.05, 0) is 31.2 Å². The van der Waals surface area contributed by atoms with E-state index >= 15 is 0 Å². The number of thiazole rings is 1. The lowest BCUT2D eigenvalue weighted by Crippen LogP contribution is -2.12. The van der Waals surface area contributed by atoms with Crippen molar-refractivity contribution in [3.05, 3.63) is 40.9 Å². The van der Waals surface area contributed by atoms with E-state index in [-0.39, 0.29) is 15.6 Å². The molecule has 0 saturated carbocycles. The second-order valence-corrected chi connectivity index (χ2v) is 6.63. The van der Waals surface area contributed by atoms with Crippen LogP contribution in [0.5, 0.6) is 0 Å². The van der Waals surface area contributed by atoms with Gasteiger partial charge in [-0.1, -0.05) is 0 Å². The zero-order valence-corrected chi connectivity index (χ0v) is 11.5. The molecule has 100 valence electrons. The van der Waals surface area contributed by atoms with Crippen molar-refractivity contribution in [1.29, 1.82) is 0 Å². The molecule has 0 bridgehead atoms. The molecule has 2 rings (SSSR count). The second kappa shape index (κ2) is 4.98. The molecule has 1 heterocycles. The van der Waals surface area contributed by atoms with Gasteiger partial charge in [-0.25, -0.2) is 18.2 Å². The molecule has 2 N–H and O–H groups in total. The Bertz CT molecular complexity index is 705. The number of nitrogens with one attached hydrogen (secondary N) is 1. The molecule has 0 radical (unpaired) electrons. The van der Waals surface area contributed by atoms with E-state index in [4.69, 9.17) is 5.11 Å². The van der Waals surface area contributed by atoms with Crippen LogP contribution in [0.2, 0.25) is 0 Å². The Morgan fingerprint density at radius 2 is 1.95 bits per heavy atom. The summed E-state index contributed by atoms with van der Waals surface area (Å²) in [4.78, 5) is 15.5. The number of carbonyl (C=O) groups is 1. The fourth-order valence-corrected chi connectivity index (χ4v) is 3.26. The van der Waals surface area contributed by atoms with E-state index in [0.717, 1.165) is 4.88 Å². The van der Waals surface area contributed by atoms with Gasteiger partial charge in [0.15, 0.2) is 5.13 Å². The van der Waals surface area contributed by atoms with Gasteiger partial charge < -0.3 is 5.11 Å². The van der Waals surface area contributed by atoms with Gasteiger partial charge in [0.2, 0.25) is 0 Å². The number of carboxylic acid groups (broad SMARTS) is 1. The molecule has 0 atom stereocenters. The van der Waals surface area contributed by atoms with Gasteiger partial charge >= 0.3 is 5.97 Å². The number of aryl methyl sites for hydroxylation is 1. The lowest BCUT2D eigenvalue weighted by atomic mass is 10.2. The van der Waals surface area contributed by atoms with Crippen LogP contribution in [-0.4, -0.2) is 24.5 Å². The van der Waals surface area contributed by atoms with Gasteiger partial charge in [-0.15, -0.1) is 11.3 Å². The van der Waals surface area contributed by atoms with Crippen LogP contribution in [-0.2, 0) is 10.0 Å². The molecule has 0 aliphatic rings. The third kappa shape index (κ3) is 3.09. The first-order chi connectivity index (χ1) is 8.88. The smallest absolute Gasteiger partial charge is 0.335 e. The number of sulfonamides is 1. The summed E-state index contributed by atoms with van der Waals surface area (Å²) in [6.45, 7) is 1.82. The van der Waals surface area contributed by atoms with Gasteiger partial charge in [-0.2, -0.15) is 0 Å². The highest BCUT2D eigenvalue weighted by atomic mass is 32.2. The molecule has 1 aromatic heterocycles. The summed E-state index contributed by atoms with van der Waals surface area (Å²) in [5, 5.41) is 9.02. The Kier molecular flexibility index (Phi) is 3.54. The summed E-state index contributed by atoms with van der Waals surface area (Å²) >= 11 is 1.22. The topological polar surface area (TPSA) is 96.4 Å². The normalized spacial score (nSPS) is 11.2. The van der Waals surface area contributed by atoms with Crippen molar-refractivity contribution in [2.24, 2.45) is 0 Å². The maximum atomic E-state index is 12.0. The number of hydrogen-bond donors (Lipinski definition) is 2. The van der Waals surface area contributed by atoms with Crippen molar-refractivity contribution in [2.45, 2.75) is 11.8 Å². The average molecular weight is 298 g/mol. The molecule has 0 fully saturated rings. The van der Waals surface area contributed by atoms with E-state index in [1.165, 1.54) is 35.6 Å². The third-order valence-electron chi connectivity index (χ3n) is 2.25. The largest absolute Gasteiger partial charge is 0.478 e. The molecule has 0 aliphatic carbocycles. The van der Waals surface area contributed by atoms with E-state index < -0.39 is 16.0 Å². The minimum Gasteiger partial charge on any atom is -0.478 e. The van der Waals surface area contributed by atoms with Crippen LogP contribution in [0.25, 0.3) is 0 Å². The highest BCUT2D eigenvalue weighted by Gasteiger charge is 2.16. The Morgan fingerprint density at radius 3 is 2.42 bits per heavy atom. The van der Waals surface area contributed by atoms with Crippen molar-refractivity contribution in [1.82, 2.24) is 4.98 Å². The predicted molar refractivity (Wildman–Crippen MR) is 71.1 cm³/mol. The lowest BCUT2D eigenvalue weighted by molar-refractivity contribution is 0.0697. The van der Waals surface area contributed by atoms with Crippen LogP contribution < -0.4 is 4.72 Å². The zero-order chi connectivity index (χ0) is 14.0. The lowest BCUT2D eigenvalue weighted by Gasteiger charge is -2.05. The number of benzene rings is 1. The van der Waals surface area contributed by atoms with Gasteiger partial charge in [0.05, 0.1) is 10.5 Å². The molecular weight excluding hydrogens is 288 g/mol. The molecule has 0 amide bonds. The first-order valence-corrected chi connectivity index (χ1v) is 7.47. The third-order valence-corrected chi connectivity index (χ3v) is 4.57. The second-order valence-electron chi connectivity index (χ2n) is 3.71. The highest BCUT2D eigenvalue weighted by Crippen LogP contribution is 2.21. The molecule has 0 aliphatic heterocycles. The van der Waals surface area contributed by atoms with Crippen LogP contribution in [0.1, 0.15) is 15.2 Å². The van der Waals surface area contributed by atoms with E-state index in [9.17, 15) is 13.2 Å². The van der Waals surface area contributed by atoms with Crippen LogP contribution in [0.15, 0.2) is 35.4 Å². The van der Waals surface area contributed by atoms with Crippen molar-refractivity contribution < 1.29 is 18.3 Å². The highest BCUT2D eigenvalue weighted by molar-refractivity contribution is 7.93. The molecule has 0 spiro atoms. The van der Waals surface area contributed by atoms with Crippen molar-refractivity contribution in [3.63, 3.8) is 0 Å². The number of aromatic nitrogens is 1. The van der Waals surface area contributed by atoms with Gasteiger partial charge in [0, 0.05) is 11.1 Å².